The van der Waals surface area contributed by atoms with Crippen molar-refractivity contribution in [1.82, 2.24) is 19.7 Å². The molecule has 0 saturated carbocycles. The van der Waals surface area contributed by atoms with E-state index >= 15 is 0 Å². The Kier molecular flexibility index (Phi) is 5.39. The Morgan fingerprint density at radius 3 is 3.09 bits per heavy atom. The third-order valence-electron chi connectivity index (χ3n) is 4.35. The molecular weight excluding hydrogens is 284 g/mol. The standard InChI is InChI=1S/C15H24N4O3/c20-15(5-8-21-10-14-4-2-7-22-14)18-6-1-3-13(9-18)19-12-16-11-17-19/h11-14H,1-10H2. The third-order valence-corrected chi connectivity index (χ3v) is 4.35. The van der Waals surface area contributed by atoms with E-state index in [1.54, 1.807) is 12.7 Å². The number of piperidine rings is 1. The fourth-order valence-electron chi connectivity index (χ4n) is 3.11. The van der Waals surface area contributed by atoms with Gasteiger partial charge in [-0.05, 0) is 25.7 Å². The van der Waals surface area contributed by atoms with E-state index in [1.165, 1.54) is 0 Å². The molecule has 1 aromatic rings. The van der Waals surface area contributed by atoms with Gasteiger partial charge < -0.3 is 14.4 Å². The van der Waals surface area contributed by atoms with E-state index in [0.717, 1.165) is 38.8 Å². The number of carbonyl (C=O) groups is 1. The minimum absolute atomic E-state index is 0.164. The Labute approximate surface area is 130 Å². The van der Waals surface area contributed by atoms with Crippen LogP contribution in [0.3, 0.4) is 0 Å². The van der Waals surface area contributed by atoms with Crippen molar-refractivity contribution in [3.05, 3.63) is 12.7 Å². The Balaban J connectivity index is 1.37. The van der Waals surface area contributed by atoms with Crippen LogP contribution in [0.2, 0.25) is 0 Å². The number of likely N-dealkylation sites (tertiary alicyclic amines) is 1. The van der Waals surface area contributed by atoms with Crippen molar-refractivity contribution in [3.8, 4) is 0 Å². The van der Waals surface area contributed by atoms with Gasteiger partial charge in [-0.2, -0.15) is 5.10 Å². The van der Waals surface area contributed by atoms with Gasteiger partial charge in [0, 0.05) is 19.7 Å². The number of hydrogen-bond donors (Lipinski definition) is 0. The molecule has 1 amide bonds. The van der Waals surface area contributed by atoms with Gasteiger partial charge in [-0.15, -0.1) is 0 Å². The summed E-state index contributed by atoms with van der Waals surface area (Å²) in [4.78, 5) is 18.2. The predicted molar refractivity (Wildman–Crippen MR) is 79.3 cm³/mol. The second-order valence-electron chi connectivity index (χ2n) is 5.97. The van der Waals surface area contributed by atoms with Gasteiger partial charge in [0.25, 0.3) is 0 Å². The van der Waals surface area contributed by atoms with Crippen LogP contribution in [0.4, 0.5) is 0 Å². The molecule has 0 spiro atoms. The fourth-order valence-corrected chi connectivity index (χ4v) is 3.11. The molecule has 0 bridgehead atoms. The zero-order valence-corrected chi connectivity index (χ0v) is 12.9. The Morgan fingerprint density at radius 2 is 2.32 bits per heavy atom. The Morgan fingerprint density at radius 1 is 1.36 bits per heavy atom. The van der Waals surface area contributed by atoms with E-state index in [9.17, 15) is 4.79 Å². The first-order chi connectivity index (χ1) is 10.8. The minimum atomic E-state index is 0.164. The van der Waals surface area contributed by atoms with Gasteiger partial charge in [-0.3, -0.25) is 4.79 Å². The SMILES string of the molecule is O=C(CCOCC1CCCO1)N1CCCC(n2cncn2)C1. The van der Waals surface area contributed by atoms with Crippen molar-refractivity contribution >= 4 is 5.91 Å². The van der Waals surface area contributed by atoms with E-state index in [0.29, 0.717) is 26.2 Å². The van der Waals surface area contributed by atoms with Crippen LogP contribution in [0, 0.1) is 0 Å². The van der Waals surface area contributed by atoms with Crippen LogP contribution >= 0.6 is 0 Å². The molecule has 1 aromatic heterocycles. The molecule has 22 heavy (non-hydrogen) atoms. The number of ether oxygens (including phenoxy) is 2. The molecular formula is C15H24N4O3. The summed E-state index contributed by atoms with van der Waals surface area (Å²) in [5, 5.41) is 4.18. The molecule has 2 saturated heterocycles. The van der Waals surface area contributed by atoms with Crippen molar-refractivity contribution in [2.45, 2.75) is 44.2 Å². The highest BCUT2D eigenvalue weighted by molar-refractivity contribution is 5.76. The molecule has 7 nitrogen and oxygen atoms in total. The first-order valence-electron chi connectivity index (χ1n) is 8.14. The summed E-state index contributed by atoms with van der Waals surface area (Å²) in [6.45, 7) is 3.46. The van der Waals surface area contributed by atoms with Crippen LogP contribution in [-0.2, 0) is 14.3 Å². The van der Waals surface area contributed by atoms with Crippen molar-refractivity contribution < 1.29 is 14.3 Å². The number of amides is 1. The summed E-state index contributed by atoms with van der Waals surface area (Å²) in [5.41, 5.74) is 0. The lowest BCUT2D eigenvalue weighted by Gasteiger charge is -2.32. The van der Waals surface area contributed by atoms with Crippen LogP contribution in [0.25, 0.3) is 0 Å². The van der Waals surface area contributed by atoms with E-state index in [-0.39, 0.29) is 18.1 Å². The monoisotopic (exact) mass is 308 g/mol. The molecule has 2 aliphatic rings. The molecule has 0 radical (unpaired) electrons. The molecule has 0 N–H and O–H groups in total. The van der Waals surface area contributed by atoms with Gasteiger partial charge in [0.05, 0.1) is 31.8 Å². The van der Waals surface area contributed by atoms with E-state index in [1.807, 2.05) is 9.58 Å². The maximum Gasteiger partial charge on any atom is 0.224 e. The molecule has 0 aliphatic carbocycles. The smallest absolute Gasteiger partial charge is 0.224 e. The highest BCUT2D eigenvalue weighted by Gasteiger charge is 2.25. The maximum atomic E-state index is 12.3. The zero-order valence-electron chi connectivity index (χ0n) is 12.9. The van der Waals surface area contributed by atoms with Crippen molar-refractivity contribution in [3.63, 3.8) is 0 Å². The summed E-state index contributed by atoms with van der Waals surface area (Å²) >= 11 is 0. The third kappa shape index (κ3) is 4.04. The van der Waals surface area contributed by atoms with E-state index in [2.05, 4.69) is 10.1 Å². The van der Waals surface area contributed by atoms with Crippen LogP contribution in [0.1, 0.15) is 38.1 Å². The lowest BCUT2D eigenvalue weighted by atomic mass is 10.1. The van der Waals surface area contributed by atoms with E-state index in [4.69, 9.17) is 9.47 Å². The average molecular weight is 308 g/mol. The quantitative estimate of drug-likeness (QED) is 0.734. The molecule has 2 aliphatic heterocycles. The largest absolute Gasteiger partial charge is 0.378 e. The predicted octanol–water partition coefficient (Wildman–Crippen LogP) is 1.03. The van der Waals surface area contributed by atoms with Gasteiger partial charge in [0.1, 0.15) is 12.7 Å². The van der Waals surface area contributed by atoms with Gasteiger partial charge in [0.2, 0.25) is 5.91 Å². The lowest BCUT2D eigenvalue weighted by molar-refractivity contribution is -0.134. The summed E-state index contributed by atoms with van der Waals surface area (Å²) in [5.74, 6) is 0.164. The average Bonchev–Trinajstić information content (AvgIpc) is 3.24. The summed E-state index contributed by atoms with van der Waals surface area (Å²) in [6.07, 6.45) is 8.17. The number of rotatable bonds is 6. The fraction of sp³-hybridized carbons (Fsp3) is 0.800. The van der Waals surface area contributed by atoms with Gasteiger partial charge in [-0.25, -0.2) is 9.67 Å². The molecule has 2 atom stereocenters. The van der Waals surface area contributed by atoms with Crippen molar-refractivity contribution in [2.24, 2.45) is 0 Å². The Bertz CT molecular complexity index is 459. The van der Waals surface area contributed by atoms with Gasteiger partial charge in [-0.1, -0.05) is 0 Å². The molecule has 3 heterocycles. The molecule has 2 unspecified atom stereocenters. The maximum absolute atomic E-state index is 12.3. The first-order valence-corrected chi connectivity index (χ1v) is 8.14. The first kappa shape index (κ1) is 15.4. The summed E-state index contributed by atoms with van der Waals surface area (Å²) in [6, 6.07) is 0.244. The second kappa shape index (κ2) is 7.69. The topological polar surface area (TPSA) is 69.5 Å². The van der Waals surface area contributed by atoms with Gasteiger partial charge in [0.15, 0.2) is 0 Å². The van der Waals surface area contributed by atoms with Crippen molar-refractivity contribution in [1.29, 1.82) is 0 Å². The molecule has 2 fully saturated rings. The van der Waals surface area contributed by atoms with Crippen LogP contribution in [0.15, 0.2) is 12.7 Å². The second-order valence-corrected chi connectivity index (χ2v) is 5.97. The Hall–Kier alpha value is -1.47. The van der Waals surface area contributed by atoms with Crippen LogP contribution < -0.4 is 0 Å². The molecule has 7 heteroatoms. The number of nitrogens with zero attached hydrogens (tertiary/aromatic N) is 4. The van der Waals surface area contributed by atoms with Crippen LogP contribution in [-0.4, -0.2) is 64.6 Å². The minimum Gasteiger partial charge on any atom is -0.378 e. The summed E-state index contributed by atoms with van der Waals surface area (Å²) in [7, 11) is 0. The number of aromatic nitrogens is 3. The number of carbonyl (C=O) groups excluding carboxylic acids is 1. The van der Waals surface area contributed by atoms with Gasteiger partial charge >= 0.3 is 0 Å². The lowest BCUT2D eigenvalue weighted by Crippen LogP contribution is -2.41. The summed E-state index contributed by atoms with van der Waals surface area (Å²) < 4.78 is 12.9. The highest BCUT2D eigenvalue weighted by Crippen LogP contribution is 2.20. The van der Waals surface area contributed by atoms with Crippen LogP contribution in [0.5, 0.6) is 0 Å². The molecule has 122 valence electrons. The van der Waals surface area contributed by atoms with E-state index < -0.39 is 0 Å². The molecule has 3 rings (SSSR count). The highest BCUT2D eigenvalue weighted by atomic mass is 16.5. The number of hydrogen-bond acceptors (Lipinski definition) is 5. The molecule has 0 aromatic carbocycles. The normalized spacial score (nSPS) is 25.5. The van der Waals surface area contributed by atoms with Crippen molar-refractivity contribution in [2.75, 3.05) is 32.9 Å². The zero-order chi connectivity index (χ0) is 15.2.